The maximum atomic E-state index is 12.5. The largest absolute Gasteiger partial charge is 0.451 e. The van der Waals surface area contributed by atoms with Crippen molar-refractivity contribution in [3.8, 4) is 0 Å². The first-order valence-electron chi connectivity index (χ1n) is 9.70. The van der Waals surface area contributed by atoms with Gasteiger partial charge in [-0.05, 0) is 42.0 Å². The average Bonchev–Trinajstić information content (AvgIpc) is 2.79. The maximum Gasteiger partial charge on any atom is 0.310 e. The van der Waals surface area contributed by atoms with Crippen molar-refractivity contribution < 1.29 is 18.9 Å². The van der Waals surface area contributed by atoms with Crippen LogP contribution in [0.2, 0.25) is 10.0 Å². The Morgan fingerprint density at radius 3 is 2.42 bits per heavy atom. The van der Waals surface area contributed by atoms with Gasteiger partial charge in [-0.25, -0.2) is 0 Å². The molecule has 0 radical (unpaired) electrons. The van der Waals surface area contributed by atoms with Crippen molar-refractivity contribution in [2.24, 2.45) is 4.99 Å². The lowest BCUT2D eigenvalue weighted by molar-refractivity contribution is -0.134. The van der Waals surface area contributed by atoms with Crippen LogP contribution in [0.4, 0.5) is 5.69 Å². The lowest BCUT2D eigenvalue weighted by Gasteiger charge is -2.19. The van der Waals surface area contributed by atoms with Crippen molar-refractivity contribution >= 4 is 62.1 Å². The summed E-state index contributed by atoms with van der Waals surface area (Å²) in [7, 11) is 5.20. The second kappa shape index (κ2) is 13.0. The van der Waals surface area contributed by atoms with E-state index in [2.05, 4.69) is 30.8 Å². The number of anilines is 1. The third kappa shape index (κ3) is 8.53. The Balaban J connectivity index is 2.04. The number of carbonyl (C=O) groups excluding carboxylic acids is 3. The number of hydrogen-bond donors (Lipinski definition) is 4. The predicted molar refractivity (Wildman–Crippen MR) is 133 cm³/mol. The fraction of sp³-hybridized carbons (Fsp3) is 0.238. The van der Waals surface area contributed by atoms with Crippen LogP contribution in [-0.2, 0) is 14.1 Å². The van der Waals surface area contributed by atoms with Gasteiger partial charge >= 0.3 is 5.97 Å². The third-order valence-electron chi connectivity index (χ3n) is 4.38. The van der Waals surface area contributed by atoms with Crippen molar-refractivity contribution in [1.82, 2.24) is 16.0 Å². The molecule has 2 unspecified atom stereocenters. The number of guanidine groups is 1. The quantitative estimate of drug-likeness (QED) is 0.245. The van der Waals surface area contributed by atoms with Gasteiger partial charge in [-0.15, -0.1) is 0 Å². The molecule has 2 aromatic carbocycles. The third-order valence-corrected chi connectivity index (χ3v) is 5.08. The summed E-state index contributed by atoms with van der Waals surface area (Å²) in [5.74, 6) is -0.986. The van der Waals surface area contributed by atoms with Crippen molar-refractivity contribution in [2.45, 2.75) is 12.5 Å². The number of benzene rings is 2. The minimum atomic E-state index is -0.750. The minimum absolute atomic E-state index is 0.152. The van der Waals surface area contributed by atoms with E-state index < -0.39 is 23.8 Å². The van der Waals surface area contributed by atoms with E-state index in [1.54, 1.807) is 50.5 Å². The van der Waals surface area contributed by atoms with E-state index in [1.165, 1.54) is 6.07 Å². The average molecular weight is 512 g/mol. The predicted octanol–water partition coefficient (Wildman–Crippen LogP) is 2.92. The Kier molecular flexibility index (Phi) is 10.4. The zero-order valence-electron chi connectivity index (χ0n) is 17.9. The number of carbonyl (C=O) groups is 3. The molecule has 2 rings (SSSR count). The zero-order valence-corrected chi connectivity index (χ0v) is 20.6. The summed E-state index contributed by atoms with van der Waals surface area (Å²) in [5.41, 5.74) is 1.53. The lowest BCUT2D eigenvalue weighted by Crippen LogP contribution is -2.39. The van der Waals surface area contributed by atoms with Crippen LogP contribution in [0.25, 0.3) is 0 Å². The Labute approximate surface area is 203 Å². The summed E-state index contributed by atoms with van der Waals surface area (Å²) in [6.07, 6.45) is -0.152. The molecule has 2 atom stereocenters. The maximum absolute atomic E-state index is 12.5. The summed E-state index contributed by atoms with van der Waals surface area (Å²) in [6, 6.07) is 10.7. The monoisotopic (exact) mass is 511 g/mol. The van der Waals surface area contributed by atoms with Crippen LogP contribution in [0.3, 0.4) is 0 Å². The van der Waals surface area contributed by atoms with Crippen molar-refractivity contribution in [1.29, 1.82) is 0 Å². The lowest BCUT2D eigenvalue weighted by atomic mass is 10.0. The molecule has 0 aliphatic carbocycles. The highest BCUT2D eigenvalue weighted by Crippen LogP contribution is 2.26. The van der Waals surface area contributed by atoms with Crippen LogP contribution in [0.5, 0.6) is 0 Å². The number of halogens is 2. The zero-order chi connectivity index (χ0) is 24.4. The van der Waals surface area contributed by atoms with E-state index >= 15 is 0 Å². The molecule has 9 nitrogen and oxygen atoms in total. The number of nitrogens with one attached hydrogen (secondary N) is 4. The van der Waals surface area contributed by atoms with Gasteiger partial charge in [0.1, 0.15) is 0 Å². The number of aliphatic imine (C=N–C) groups is 1. The molecule has 0 saturated carbocycles. The molecule has 0 spiro atoms. The van der Waals surface area contributed by atoms with Gasteiger partial charge < -0.3 is 25.8 Å². The first-order valence-corrected chi connectivity index (χ1v) is 10.9. The highest BCUT2D eigenvalue weighted by molar-refractivity contribution is 7.10. The summed E-state index contributed by atoms with van der Waals surface area (Å²) in [5, 5.41) is 11.9. The molecular formula is C21H24Cl2N5O4P. The van der Waals surface area contributed by atoms with E-state index in [4.69, 9.17) is 23.2 Å². The molecule has 4 N–H and O–H groups in total. The van der Waals surface area contributed by atoms with Crippen molar-refractivity contribution in [3.63, 3.8) is 0 Å². The molecule has 0 aliphatic rings. The molecule has 12 heteroatoms. The summed E-state index contributed by atoms with van der Waals surface area (Å²) < 4.78 is 4.63. The van der Waals surface area contributed by atoms with E-state index in [9.17, 15) is 14.4 Å². The molecule has 0 saturated heterocycles. The molecule has 0 bridgehead atoms. The minimum Gasteiger partial charge on any atom is -0.451 e. The fourth-order valence-electron chi connectivity index (χ4n) is 2.86. The van der Waals surface area contributed by atoms with Crippen molar-refractivity contribution in [3.05, 3.63) is 63.6 Å². The van der Waals surface area contributed by atoms with Gasteiger partial charge in [0.2, 0.25) is 5.91 Å². The standard InChI is InChI=1S/C21H24Cl2N5O4P/c1-24-21(25-2)27-16-5-3-4-12(8-16)20(31)26-11-18(29)28-17(10-19(30)32-33)13-6-14(22)9-15(23)7-13/h3-9,17H,10-11,33H2,1-2H3,(H,26,31)(H,28,29)(H2,24,25,27). The Morgan fingerprint density at radius 2 is 1.82 bits per heavy atom. The van der Waals surface area contributed by atoms with Gasteiger partial charge in [-0.2, -0.15) is 0 Å². The number of rotatable bonds is 8. The van der Waals surface area contributed by atoms with Gasteiger partial charge in [0.15, 0.2) is 5.96 Å². The molecule has 176 valence electrons. The van der Waals surface area contributed by atoms with Crippen LogP contribution < -0.4 is 21.3 Å². The molecule has 0 fully saturated rings. The van der Waals surface area contributed by atoms with Gasteiger partial charge in [0.05, 0.1) is 28.5 Å². The van der Waals surface area contributed by atoms with Crippen LogP contribution in [-0.4, -0.2) is 44.4 Å². The Bertz CT molecular complexity index is 1030. The van der Waals surface area contributed by atoms with Gasteiger partial charge in [-0.3, -0.25) is 19.4 Å². The van der Waals surface area contributed by atoms with Gasteiger partial charge in [0, 0.05) is 35.4 Å². The highest BCUT2D eigenvalue weighted by Gasteiger charge is 2.20. The molecule has 2 amide bonds. The topological polar surface area (TPSA) is 121 Å². The summed E-state index contributed by atoms with van der Waals surface area (Å²) in [4.78, 5) is 40.8. The second-order valence-corrected chi connectivity index (χ2v) is 7.84. The van der Waals surface area contributed by atoms with E-state index in [1.807, 2.05) is 9.47 Å². The van der Waals surface area contributed by atoms with Gasteiger partial charge in [-0.1, -0.05) is 29.3 Å². The second-order valence-electron chi connectivity index (χ2n) is 6.73. The SMILES string of the molecule is CN=C(NC)Nc1cccc(C(=O)NCC(=O)NC(CC(=O)OP)c2cc(Cl)cc(Cl)c2)c1. The van der Waals surface area contributed by atoms with Gasteiger partial charge in [0.25, 0.3) is 5.91 Å². The van der Waals surface area contributed by atoms with Crippen LogP contribution in [0, 0.1) is 0 Å². The highest BCUT2D eigenvalue weighted by atomic mass is 35.5. The van der Waals surface area contributed by atoms with Crippen LogP contribution >= 0.6 is 32.7 Å². The van der Waals surface area contributed by atoms with E-state index in [0.29, 0.717) is 32.8 Å². The molecule has 2 aromatic rings. The van der Waals surface area contributed by atoms with E-state index in [-0.39, 0.29) is 13.0 Å². The summed E-state index contributed by atoms with van der Waals surface area (Å²) >= 11 is 12.1. The van der Waals surface area contributed by atoms with Crippen LogP contribution in [0.1, 0.15) is 28.4 Å². The first kappa shape index (κ1) is 26.4. The summed E-state index contributed by atoms with van der Waals surface area (Å²) in [6.45, 7) is -0.310. The molecular weight excluding hydrogens is 488 g/mol. The van der Waals surface area contributed by atoms with E-state index in [0.717, 1.165) is 0 Å². The Hall–Kier alpha value is -2.87. The smallest absolute Gasteiger partial charge is 0.310 e. The number of hydrogen-bond acceptors (Lipinski definition) is 5. The number of amides is 2. The van der Waals surface area contributed by atoms with Crippen LogP contribution in [0.15, 0.2) is 47.5 Å². The molecule has 0 aromatic heterocycles. The normalized spacial score (nSPS) is 11.8. The molecule has 33 heavy (non-hydrogen) atoms. The fourth-order valence-corrected chi connectivity index (χ4v) is 3.50. The molecule has 0 heterocycles. The molecule has 0 aliphatic heterocycles. The van der Waals surface area contributed by atoms with Crippen molar-refractivity contribution in [2.75, 3.05) is 26.0 Å². The first-order chi connectivity index (χ1) is 15.7. The Morgan fingerprint density at radius 1 is 1.12 bits per heavy atom. The number of nitrogens with zero attached hydrogens (tertiary/aromatic N) is 1.